The van der Waals surface area contributed by atoms with E-state index in [0.717, 1.165) is 17.9 Å². The lowest BCUT2D eigenvalue weighted by Crippen LogP contribution is -2.44. The SMILES string of the molecule is COC1(CNS(=O)(=O)c2ccc(NC(=O)C(C)C)cc2)CCSC1. The molecule has 2 N–H and O–H groups in total. The molecule has 1 heterocycles. The number of rotatable bonds is 7. The lowest BCUT2D eigenvalue weighted by molar-refractivity contribution is -0.118. The van der Waals surface area contributed by atoms with Crippen LogP contribution in [0, 0.1) is 5.92 Å². The van der Waals surface area contributed by atoms with Crippen LogP contribution in [-0.4, -0.2) is 45.1 Å². The second-order valence-electron chi connectivity index (χ2n) is 6.18. The molecule has 1 aromatic rings. The highest BCUT2D eigenvalue weighted by atomic mass is 32.2. The molecule has 1 atom stereocenters. The molecule has 1 saturated heterocycles. The summed E-state index contributed by atoms with van der Waals surface area (Å²) >= 11 is 1.76. The van der Waals surface area contributed by atoms with E-state index in [4.69, 9.17) is 4.74 Å². The Balaban J connectivity index is 2.02. The number of hydrogen-bond acceptors (Lipinski definition) is 5. The Morgan fingerprint density at radius 1 is 1.33 bits per heavy atom. The number of ether oxygens (including phenoxy) is 1. The van der Waals surface area contributed by atoms with Crippen LogP contribution in [0.1, 0.15) is 20.3 Å². The lowest BCUT2D eigenvalue weighted by atomic mass is 10.0. The van der Waals surface area contributed by atoms with Crippen LogP contribution >= 0.6 is 11.8 Å². The van der Waals surface area contributed by atoms with E-state index < -0.39 is 15.6 Å². The fourth-order valence-electron chi connectivity index (χ4n) is 2.27. The van der Waals surface area contributed by atoms with Crippen molar-refractivity contribution < 1.29 is 17.9 Å². The van der Waals surface area contributed by atoms with Crippen LogP contribution < -0.4 is 10.0 Å². The van der Waals surface area contributed by atoms with Crippen LogP contribution in [0.25, 0.3) is 0 Å². The lowest BCUT2D eigenvalue weighted by Gasteiger charge is -2.26. The number of hydrogen-bond donors (Lipinski definition) is 2. The molecule has 0 saturated carbocycles. The summed E-state index contributed by atoms with van der Waals surface area (Å²) in [7, 11) is -1.99. The zero-order valence-electron chi connectivity index (χ0n) is 14.2. The number of carbonyl (C=O) groups excluding carboxylic acids is 1. The van der Waals surface area contributed by atoms with Crippen LogP contribution in [0.2, 0.25) is 0 Å². The van der Waals surface area contributed by atoms with Gasteiger partial charge in [0, 0.05) is 31.0 Å². The van der Waals surface area contributed by atoms with Gasteiger partial charge >= 0.3 is 0 Å². The van der Waals surface area contributed by atoms with Crippen molar-refractivity contribution in [2.75, 3.05) is 30.5 Å². The zero-order valence-corrected chi connectivity index (χ0v) is 15.8. The van der Waals surface area contributed by atoms with E-state index in [-0.39, 0.29) is 23.3 Å². The third kappa shape index (κ3) is 4.72. The third-order valence-electron chi connectivity index (χ3n) is 4.04. The maximum atomic E-state index is 12.4. The molecule has 6 nitrogen and oxygen atoms in total. The normalized spacial score (nSPS) is 21.2. The van der Waals surface area contributed by atoms with E-state index in [1.165, 1.54) is 12.1 Å². The van der Waals surface area contributed by atoms with Crippen LogP contribution in [0.15, 0.2) is 29.2 Å². The Labute approximate surface area is 147 Å². The second-order valence-corrected chi connectivity index (χ2v) is 9.05. The van der Waals surface area contributed by atoms with Crippen molar-refractivity contribution in [2.45, 2.75) is 30.8 Å². The first-order valence-corrected chi connectivity index (χ1v) is 10.5. The van der Waals surface area contributed by atoms with Crippen molar-refractivity contribution in [3.05, 3.63) is 24.3 Å². The molecule has 8 heteroatoms. The molecule has 0 spiro atoms. The Bertz CT molecular complexity index is 666. The van der Waals surface area contributed by atoms with Gasteiger partial charge in [-0.25, -0.2) is 13.1 Å². The minimum absolute atomic E-state index is 0.107. The summed E-state index contributed by atoms with van der Waals surface area (Å²) < 4.78 is 33.0. The van der Waals surface area contributed by atoms with E-state index in [1.807, 2.05) is 0 Å². The Kier molecular flexibility index (Phi) is 6.30. The third-order valence-corrected chi connectivity index (χ3v) is 6.68. The monoisotopic (exact) mass is 372 g/mol. The average molecular weight is 373 g/mol. The Hall–Kier alpha value is -1.09. The number of thioether (sulfide) groups is 1. The maximum Gasteiger partial charge on any atom is 0.240 e. The topological polar surface area (TPSA) is 84.5 Å². The molecule has 1 unspecified atom stereocenters. The molecule has 0 aromatic heterocycles. The van der Waals surface area contributed by atoms with Gasteiger partial charge in [-0.15, -0.1) is 0 Å². The summed E-state index contributed by atoms with van der Waals surface area (Å²) in [6, 6.07) is 6.15. The van der Waals surface area contributed by atoms with Crippen LogP contribution in [-0.2, 0) is 19.6 Å². The quantitative estimate of drug-likeness (QED) is 0.765. The van der Waals surface area contributed by atoms with E-state index in [1.54, 1.807) is 44.9 Å². The molecule has 1 aliphatic heterocycles. The second kappa shape index (κ2) is 7.86. The molecule has 134 valence electrons. The van der Waals surface area contributed by atoms with E-state index in [2.05, 4.69) is 10.0 Å². The molecule has 1 fully saturated rings. The fraction of sp³-hybridized carbons (Fsp3) is 0.562. The van der Waals surface area contributed by atoms with Gasteiger partial charge in [0.05, 0.1) is 10.5 Å². The largest absolute Gasteiger partial charge is 0.376 e. The van der Waals surface area contributed by atoms with Gasteiger partial charge in [0.1, 0.15) is 0 Å². The summed E-state index contributed by atoms with van der Waals surface area (Å²) in [5.41, 5.74) is 0.149. The molecule has 0 bridgehead atoms. The van der Waals surface area contributed by atoms with Gasteiger partial charge < -0.3 is 10.1 Å². The smallest absolute Gasteiger partial charge is 0.240 e. The summed E-state index contributed by atoms with van der Waals surface area (Å²) in [6.07, 6.45) is 0.830. The molecule has 24 heavy (non-hydrogen) atoms. The van der Waals surface area contributed by atoms with Gasteiger partial charge in [-0.05, 0) is 36.4 Å². The first kappa shape index (κ1) is 19.2. The first-order chi connectivity index (χ1) is 11.3. The molecule has 0 aliphatic carbocycles. The van der Waals surface area contributed by atoms with Crippen molar-refractivity contribution in [1.82, 2.24) is 4.72 Å². The van der Waals surface area contributed by atoms with Crippen molar-refractivity contribution >= 4 is 33.4 Å². The van der Waals surface area contributed by atoms with E-state index in [9.17, 15) is 13.2 Å². The summed E-state index contributed by atoms with van der Waals surface area (Å²) in [5, 5.41) is 2.74. The number of amides is 1. The van der Waals surface area contributed by atoms with Gasteiger partial charge in [0.2, 0.25) is 15.9 Å². The zero-order chi connectivity index (χ0) is 17.8. The molecule has 0 radical (unpaired) electrons. The van der Waals surface area contributed by atoms with Crippen molar-refractivity contribution in [3.8, 4) is 0 Å². The number of carbonyl (C=O) groups is 1. The summed E-state index contributed by atoms with van der Waals surface area (Å²) in [6.45, 7) is 3.85. The number of sulfonamides is 1. The number of methoxy groups -OCH3 is 1. The van der Waals surface area contributed by atoms with Gasteiger partial charge in [-0.2, -0.15) is 11.8 Å². The molecule has 1 aromatic carbocycles. The number of benzene rings is 1. The summed E-state index contributed by atoms with van der Waals surface area (Å²) in [4.78, 5) is 11.8. The highest BCUT2D eigenvalue weighted by Crippen LogP contribution is 2.30. The van der Waals surface area contributed by atoms with Crippen molar-refractivity contribution in [3.63, 3.8) is 0 Å². The predicted octanol–water partition coefficient (Wildman–Crippen LogP) is 2.08. The van der Waals surface area contributed by atoms with Crippen LogP contribution in [0.3, 0.4) is 0 Å². The van der Waals surface area contributed by atoms with Gasteiger partial charge in [-0.1, -0.05) is 13.8 Å². The minimum Gasteiger partial charge on any atom is -0.376 e. The van der Waals surface area contributed by atoms with Gasteiger partial charge in [0.25, 0.3) is 0 Å². The Morgan fingerprint density at radius 2 is 2.00 bits per heavy atom. The summed E-state index contributed by atoms with van der Waals surface area (Å²) in [5.74, 6) is 1.51. The first-order valence-electron chi connectivity index (χ1n) is 7.81. The maximum absolute atomic E-state index is 12.4. The fourth-order valence-corrected chi connectivity index (χ4v) is 4.79. The predicted molar refractivity (Wildman–Crippen MR) is 96.8 cm³/mol. The highest BCUT2D eigenvalue weighted by Gasteiger charge is 2.35. The molecular weight excluding hydrogens is 348 g/mol. The Morgan fingerprint density at radius 3 is 2.50 bits per heavy atom. The molecular formula is C16H24N2O4S2. The molecule has 2 rings (SSSR count). The standard InChI is InChI=1S/C16H24N2O4S2/c1-12(2)15(19)18-13-4-6-14(7-5-13)24(20,21)17-10-16(22-3)8-9-23-11-16/h4-7,12,17H,8-11H2,1-3H3,(H,18,19). The van der Waals surface area contributed by atoms with Gasteiger partial charge in [-0.3, -0.25) is 4.79 Å². The molecule has 1 aliphatic rings. The van der Waals surface area contributed by atoms with Crippen molar-refractivity contribution in [2.24, 2.45) is 5.92 Å². The van der Waals surface area contributed by atoms with E-state index in [0.29, 0.717) is 5.69 Å². The minimum atomic E-state index is -3.61. The average Bonchev–Trinajstić information content (AvgIpc) is 3.03. The molecule has 1 amide bonds. The van der Waals surface area contributed by atoms with Gasteiger partial charge in [0.15, 0.2) is 0 Å². The van der Waals surface area contributed by atoms with Crippen LogP contribution in [0.4, 0.5) is 5.69 Å². The number of anilines is 1. The van der Waals surface area contributed by atoms with Crippen molar-refractivity contribution in [1.29, 1.82) is 0 Å². The number of nitrogens with one attached hydrogen (secondary N) is 2. The van der Waals surface area contributed by atoms with E-state index >= 15 is 0 Å². The van der Waals surface area contributed by atoms with Crippen LogP contribution in [0.5, 0.6) is 0 Å². The highest BCUT2D eigenvalue weighted by molar-refractivity contribution is 7.99.